The van der Waals surface area contributed by atoms with Crippen LogP contribution in [0.3, 0.4) is 0 Å². The molecular weight excluding hydrogens is 325 g/mol. The lowest BCUT2D eigenvalue weighted by atomic mass is 10.0. The molecule has 1 unspecified atom stereocenters. The number of amides is 1. The molecule has 2 aromatic carbocycles. The van der Waals surface area contributed by atoms with Crippen LogP contribution in [0.4, 0.5) is 4.39 Å². The van der Waals surface area contributed by atoms with Crippen LogP contribution in [0.15, 0.2) is 48.5 Å². The van der Waals surface area contributed by atoms with E-state index in [1.54, 1.807) is 0 Å². The molecule has 1 amide bonds. The number of ether oxygens (including phenoxy) is 1. The van der Waals surface area contributed by atoms with E-state index >= 15 is 0 Å². The number of halogens is 1. The Morgan fingerprint density at radius 2 is 1.76 bits per heavy atom. The topological polar surface area (TPSA) is 75.6 Å². The molecule has 5 nitrogen and oxygen atoms in total. The zero-order valence-electron chi connectivity index (χ0n) is 13.9. The predicted molar refractivity (Wildman–Crippen MR) is 91.0 cm³/mol. The number of nitrogens with one attached hydrogen (secondary N) is 1. The minimum absolute atomic E-state index is 0.174. The summed E-state index contributed by atoms with van der Waals surface area (Å²) in [6.07, 6.45) is -0.266. The smallest absolute Gasteiger partial charge is 0.346 e. The van der Waals surface area contributed by atoms with E-state index in [9.17, 15) is 19.1 Å². The second kappa shape index (κ2) is 8.82. The number of aryl methyl sites for hydroxylation is 1. The van der Waals surface area contributed by atoms with Crippen molar-refractivity contribution < 1.29 is 23.8 Å². The molecule has 2 N–H and O–H groups in total. The number of aliphatic carboxylic acids is 1. The third kappa shape index (κ3) is 5.60. The molecule has 2 rings (SSSR count). The SMILES string of the molecule is CCc1ccccc1CC(=O)NCC(Oc1ccc(F)cc1)C(=O)O. The van der Waals surface area contributed by atoms with E-state index in [1.807, 2.05) is 31.2 Å². The van der Waals surface area contributed by atoms with Crippen LogP contribution in [0, 0.1) is 5.82 Å². The van der Waals surface area contributed by atoms with Gasteiger partial charge in [0.2, 0.25) is 12.0 Å². The van der Waals surface area contributed by atoms with Gasteiger partial charge in [0.1, 0.15) is 11.6 Å². The van der Waals surface area contributed by atoms with Crippen LogP contribution in [-0.2, 0) is 22.4 Å². The van der Waals surface area contributed by atoms with Gasteiger partial charge in [-0.25, -0.2) is 9.18 Å². The molecule has 0 aliphatic rings. The van der Waals surface area contributed by atoms with E-state index in [-0.39, 0.29) is 24.6 Å². The summed E-state index contributed by atoms with van der Waals surface area (Å²) >= 11 is 0. The Kier molecular flexibility index (Phi) is 6.51. The highest BCUT2D eigenvalue weighted by Gasteiger charge is 2.20. The number of carbonyl (C=O) groups excluding carboxylic acids is 1. The van der Waals surface area contributed by atoms with E-state index in [0.29, 0.717) is 0 Å². The van der Waals surface area contributed by atoms with Crippen molar-refractivity contribution in [2.75, 3.05) is 6.54 Å². The fourth-order valence-corrected chi connectivity index (χ4v) is 2.37. The summed E-state index contributed by atoms with van der Waals surface area (Å²) in [6.45, 7) is 1.83. The van der Waals surface area contributed by atoms with Crippen molar-refractivity contribution in [1.82, 2.24) is 5.32 Å². The number of rotatable bonds is 8. The summed E-state index contributed by atoms with van der Waals surface area (Å²) in [5, 5.41) is 11.8. The van der Waals surface area contributed by atoms with Gasteiger partial charge in [0.15, 0.2) is 0 Å². The van der Waals surface area contributed by atoms with Gasteiger partial charge < -0.3 is 15.2 Å². The Morgan fingerprint density at radius 3 is 2.36 bits per heavy atom. The highest BCUT2D eigenvalue weighted by molar-refractivity contribution is 5.80. The molecule has 132 valence electrons. The molecule has 0 saturated heterocycles. The molecule has 2 aromatic rings. The summed E-state index contributed by atoms with van der Waals surface area (Å²) in [6, 6.07) is 12.6. The first-order valence-corrected chi connectivity index (χ1v) is 7.98. The molecule has 0 aromatic heterocycles. The molecule has 0 fully saturated rings. The number of carbonyl (C=O) groups is 2. The highest BCUT2D eigenvalue weighted by Crippen LogP contribution is 2.13. The van der Waals surface area contributed by atoms with Crippen LogP contribution in [-0.4, -0.2) is 29.6 Å². The minimum atomic E-state index is -1.25. The fourth-order valence-electron chi connectivity index (χ4n) is 2.37. The Labute approximate surface area is 145 Å². The van der Waals surface area contributed by atoms with Crippen LogP contribution in [0.1, 0.15) is 18.1 Å². The Hall–Kier alpha value is -2.89. The minimum Gasteiger partial charge on any atom is -0.478 e. The van der Waals surface area contributed by atoms with Gasteiger partial charge in [-0.1, -0.05) is 31.2 Å². The molecular formula is C19H20FNO4. The lowest BCUT2D eigenvalue weighted by Gasteiger charge is -2.16. The standard InChI is InChI=1S/C19H20FNO4/c1-2-13-5-3-4-6-14(13)11-18(22)21-12-17(19(23)24)25-16-9-7-15(20)8-10-16/h3-10,17H,2,11-12H2,1H3,(H,21,22)(H,23,24). The van der Waals surface area contributed by atoms with E-state index in [0.717, 1.165) is 17.5 Å². The largest absolute Gasteiger partial charge is 0.478 e. The molecule has 0 saturated carbocycles. The highest BCUT2D eigenvalue weighted by atomic mass is 19.1. The van der Waals surface area contributed by atoms with Crippen LogP contribution in [0.25, 0.3) is 0 Å². The van der Waals surface area contributed by atoms with Gasteiger partial charge >= 0.3 is 5.97 Å². The summed E-state index contributed by atoms with van der Waals surface area (Å²) in [4.78, 5) is 23.4. The maximum atomic E-state index is 12.9. The molecule has 1 atom stereocenters. The summed E-state index contributed by atoms with van der Waals surface area (Å²) in [5.41, 5.74) is 1.99. The van der Waals surface area contributed by atoms with Gasteiger partial charge in [-0.15, -0.1) is 0 Å². The van der Waals surface area contributed by atoms with Crippen molar-refractivity contribution in [2.24, 2.45) is 0 Å². The van der Waals surface area contributed by atoms with Crippen molar-refractivity contribution >= 4 is 11.9 Å². The first-order valence-electron chi connectivity index (χ1n) is 7.98. The zero-order chi connectivity index (χ0) is 18.2. The summed E-state index contributed by atoms with van der Waals surface area (Å²) in [7, 11) is 0. The van der Waals surface area contributed by atoms with Crippen molar-refractivity contribution in [3.8, 4) is 5.75 Å². The third-order valence-corrected chi connectivity index (χ3v) is 3.70. The molecule has 0 aliphatic heterocycles. The number of carboxylic acid groups (broad SMARTS) is 1. The first-order chi connectivity index (χ1) is 12.0. The van der Waals surface area contributed by atoms with Crippen molar-refractivity contribution in [1.29, 1.82) is 0 Å². The van der Waals surface area contributed by atoms with Gasteiger partial charge in [0.05, 0.1) is 13.0 Å². The van der Waals surface area contributed by atoms with Gasteiger partial charge in [-0.3, -0.25) is 4.79 Å². The first kappa shape index (κ1) is 18.4. The molecule has 0 bridgehead atoms. The fraction of sp³-hybridized carbons (Fsp3) is 0.263. The monoisotopic (exact) mass is 345 g/mol. The Morgan fingerprint density at radius 1 is 1.12 bits per heavy atom. The second-order valence-corrected chi connectivity index (χ2v) is 5.50. The quantitative estimate of drug-likeness (QED) is 0.771. The van der Waals surface area contributed by atoms with Gasteiger partial charge in [0.25, 0.3) is 0 Å². The number of carboxylic acids is 1. The third-order valence-electron chi connectivity index (χ3n) is 3.70. The van der Waals surface area contributed by atoms with Crippen molar-refractivity contribution in [3.63, 3.8) is 0 Å². The molecule has 0 spiro atoms. The van der Waals surface area contributed by atoms with Gasteiger partial charge in [-0.05, 0) is 41.8 Å². The molecule has 0 heterocycles. The van der Waals surface area contributed by atoms with Crippen LogP contribution in [0.2, 0.25) is 0 Å². The summed E-state index contributed by atoms with van der Waals surface area (Å²) < 4.78 is 18.2. The molecule has 25 heavy (non-hydrogen) atoms. The van der Waals surface area contributed by atoms with E-state index < -0.39 is 17.9 Å². The van der Waals surface area contributed by atoms with Crippen molar-refractivity contribution in [2.45, 2.75) is 25.9 Å². The Bertz CT molecular complexity index is 730. The second-order valence-electron chi connectivity index (χ2n) is 5.50. The maximum Gasteiger partial charge on any atom is 0.346 e. The average Bonchev–Trinajstić information content (AvgIpc) is 2.60. The lowest BCUT2D eigenvalue weighted by Crippen LogP contribution is -2.40. The van der Waals surface area contributed by atoms with Gasteiger partial charge in [0, 0.05) is 0 Å². The maximum absolute atomic E-state index is 12.9. The van der Waals surface area contributed by atoms with Gasteiger partial charge in [-0.2, -0.15) is 0 Å². The Balaban J connectivity index is 1.93. The zero-order valence-corrected chi connectivity index (χ0v) is 13.9. The molecule has 0 aliphatic carbocycles. The van der Waals surface area contributed by atoms with E-state index in [1.165, 1.54) is 24.3 Å². The number of hydrogen-bond acceptors (Lipinski definition) is 3. The van der Waals surface area contributed by atoms with Crippen molar-refractivity contribution in [3.05, 3.63) is 65.5 Å². The normalized spacial score (nSPS) is 11.6. The lowest BCUT2D eigenvalue weighted by molar-refractivity contribution is -0.145. The predicted octanol–water partition coefficient (Wildman–Crippen LogP) is 2.58. The van der Waals surface area contributed by atoms with Crippen LogP contribution >= 0.6 is 0 Å². The molecule has 6 heteroatoms. The summed E-state index contributed by atoms with van der Waals surface area (Å²) in [5.74, 6) is -1.71. The van der Waals surface area contributed by atoms with E-state index in [4.69, 9.17) is 4.74 Å². The van der Waals surface area contributed by atoms with Crippen LogP contribution in [0.5, 0.6) is 5.75 Å². The molecule has 0 radical (unpaired) electrons. The van der Waals surface area contributed by atoms with Crippen LogP contribution < -0.4 is 10.1 Å². The number of benzene rings is 2. The average molecular weight is 345 g/mol. The number of hydrogen-bond donors (Lipinski definition) is 2. The van der Waals surface area contributed by atoms with E-state index in [2.05, 4.69) is 5.32 Å².